The molecule has 1 aliphatic rings. The Morgan fingerprint density at radius 1 is 0.550 bits per heavy atom. The van der Waals surface area contributed by atoms with Crippen molar-refractivity contribution in [1.29, 1.82) is 0 Å². The largest absolute Gasteiger partial charge is 2.00 e. The summed E-state index contributed by atoms with van der Waals surface area (Å²) in [4.78, 5) is 0. The third kappa shape index (κ3) is 13.7. The van der Waals surface area contributed by atoms with Gasteiger partial charge in [0.25, 0.3) is 0 Å². The Morgan fingerprint density at radius 2 is 0.925 bits per heavy atom. The van der Waals surface area contributed by atoms with E-state index in [1.54, 1.807) is 0 Å². The summed E-state index contributed by atoms with van der Waals surface area (Å²) in [5.41, 5.74) is 1.50. The minimum Gasteiger partial charge on any atom is -0.409 e. The molecule has 7 heteroatoms. The predicted molar refractivity (Wildman–Crippen MR) is 153 cm³/mol. The fraction of sp³-hybridized carbons (Fsp3) is 0.182. The molecule has 0 amide bonds. The van der Waals surface area contributed by atoms with Crippen molar-refractivity contribution in [2.24, 2.45) is 0 Å². The molecule has 4 aromatic rings. The smallest absolute Gasteiger partial charge is 0.409 e. The quantitative estimate of drug-likeness (QED) is 0.0703. The van der Waals surface area contributed by atoms with Crippen molar-refractivity contribution in [2.75, 3.05) is 0 Å². The molecule has 0 bridgehead atoms. The second kappa shape index (κ2) is 22.5. The van der Waals surface area contributed by atoms with Crippen LogP contribution in [0.15, 0.2) is 121 Å². The number of rotatable bonds is 7. The Labute approximate surface area is 249 Å². The van der Waals surface area contributed by atoms with Crippen LogP contribution in [0.2, 0.25) is 0 Å². The van der Waals surface area contributed by atoms with Crippen LogP contribution < -0.4 is 13.6 Å². The summed E-state index contributed by atoms with van der Waals surface area (Å²) < 4.78 is 32.5. The summed E-state index contributed by atoms with van der Waals surface area (Å²) in [5.74, 6) is 2.85. The number of benzene rings is 4. The molecule has 5 rings (SSSR count). The fourth-order valence-electron chi connectivity index (χ4n) is 3.88. The zero-order valence-corrected chi connectivity index (χ0v) is 24.1. The molecule has 5 nitrogen and oxygen atoms in total. The van der Waals surface area contributed by atoms with Crippen LogP contribution in [0, 0.1) is 19.7 Å². The number of para-hydroxylation sites is 3. The van der Waals surface area contributed by atoms with Gasteiger partial charge in [-0.2, -0.15) is 6.42 Å². The molecule has 40 heavy (non-hydrogen) atoms. The first-order valence-electron chi connectivity index (χ1n) is 12.6. The standard InChI is InChI=1S/C18H15O3P.C13H17.2CO.Fe/c1-4-10-16(11-5-1)19-22(20-17-12-6-2-7-13-17)21-18-14-8-3-9-15-18;1-2-5-9-12(8-4-1)13-10-6-3-7-11-13;2*1-2;/h1-15H;3,6-8,10-12H,1-2,4-5,9H2;;;/q;-1;;;+2. The summed E-state index contributed by atoms with van der Waals surface area (Å²) in [6.07, 6.45) is 9.37. The predicted octanol–water partition coefficient (Wildman–Crippen LogP) is 9.31. The van der Waals surface area contributed by atoms with Crippen molar-refractivity contribution in [3.05, 3.63) is 147 Å². The van der Waals surface area contributed by atoms with E-state index in [1.165, 1.54) is 37.7 Å². The van der Waals surface area contributed by atoms with Crippen LogP contribution in [-0.2, 0) is 26.4 Å². The maximum Gasteiger partial charge on any atom is 2.00 e. The molecule has 0 N–H and O–H groups in total. The average molecular weight is 595 g/mol. The van der Waals surface area contributed by atoms with Gasteiger partial charge in [-0.1, -0.05) is 116 Å². The van der Waals surface area contributed by atoms with Gasteiger partial charge in [-0.05, 0) is 36.4 Å². The van der Waals surface area contributed by atoms with Crippen molar-refractivity contribution in [2.45, 2.75) is 38.0 Å². The fourth-order valence-corrected chi connectivity index (χ4v) is 4.88. The van der Waals surface area contributed by atoms with Crippen LogP contribution in [0.3, 0.4) is 0 Å². The van der Waals surface area contributed by atoms with E-state index < -0.39 is 8.60 Å². The molecule has 4 aromatic carbocycles. The van der Waals surface area contributed by atoms with E-state index >= 15 is 0 Å². The molecular formula is C33H32FeO5P+. The van der Waals surface area contributed by atoms with E-state index in [1.807, 2.05) is 91.0 Å². The van der Waals surface area contributed by atoms with Crippen molar-refractivity contribution in [3.63, 3.8) is 0 Å². The van der Waals surface area contributed by atoms with Gasteiger partial charge in [-0.3, -0.25) is 0 Å². The Hall–Kier alpha value is -3.29. The first-order valence-corrected chi connectivity index (χ1v) is 13.7. The molecule has 0 heterocycles. The second-order valence-corrected chi connectivity index (χ2v) is 9.32. The van der Waals surface area contributed by atoms with Crippen LogP contribution in [0.4, 0.5) is 0 Å². The Morgan fingerprint density at radius 3 is 1.32 bits per heavy atom. The molecule has 0 aromatic heterocycles. The van der Waals surface area contributed by atoms with E-state index in [2.05, 4.69) is 50.1 Å². The van der Waals surface area contributed by atoms with Crippen LogP contribution in [0.25, 0.3) is 0 Å². The van der Waals surface area contributed by atoms with E-state index in [9.17, 15) is 0 Å². The van der Waals surface area contributed by atoms with Gasteiger partial charge in [-0.15, -0.1) is 5.92 Å². The van der Waals surface area contributed by atoms with Gasteiger partial charge in [0.2, 0.25) is 0 Å². The zero-order valence-electron chi connectivity index (χ0n) is 22.1. The Bertz CT molecular complexity index is 1060. The van der Waals surface area contributed by atoms with E-state index in [-0.39, 0.29) is 17.1 Å². The van der Waals surface area contributed by atoms with Gasteiger partial charge in [0.05, 0.1) is 0 Å². The van der Waals surface area contributed by atoms with Crippen LogP contribution in [-0.4, -0.2) is 0 Å². The van der Waals surface area contributed by atoms with Gasteiger partial charge < -0.3 is 20.0 Å². The van der Waals surface area contributed by atoms with Gasteiger partial charge in [0.15, 0.2) is 0 Å². The van der Waals surface area contributed by atoms with Crippen LogP contribution in [0.1, 0.15) is 43.6 Å². The first-order chi connectivity index (χ1) is 19.4. The van der Waals surface area contributed by atoms with Gasteiger partial charge in [0, 0.05) is 0 Å². The van der Waals surface area contributed by atoms with E-state index in [0.717, 1.165) is 5.92 Å². The maximum absolute atomic E-state index is 7.50. The summed E-state index contributed by atoms with van der Waals surface area (Å²) >= 11 is 0. The summed E-state index contributed by atoms with van der Waals surface area (Å²) in [6, 6.07) is 39.4. The second-order valence-electron chi connectivity index (χ2n) is 8.33. The average Bonchev–Trinajstić information content (AvgIpc) is 3.32. The monoisotopic (exact) mass is 595 g/mol. The SMILES string of the molecule is [C-]#[O+].[C-]#[O+].[Fe+2].c1ccc(C2[CH-]CCCCC2)cc1.c1ccc(OP(Oc2ccccc2)Oc2ccccc2)cc1. The minimum absolute atomic E-state index is 0. The molecule has 1 fully saturated rings. The van der Waals surface area contributed by atoms with Crippen molar-refractivity contribution < 1.29 is 39.9 Å². The molecule has 1 unspecified atom stereocenters. The molecule has 0 saturated heterocycles. The summed E-state index contributed by atoms with van der Waals surface area (Å²) in [5, 5.41) is 0. The van der Waals surface area contributed by atoms with Crippen LogP contribution in [0.5, 0.6) is 17.2 Å². The normalized spacial score (nSPS) is 13.5. The Kier molecular flexibility index (Phi) is 19.6. The van der Waals surface area contributed by atoms with E-state index in [4.69, 9.17) is 22.9 Å². The molecular weight excluding hydrogens is 563 g/mol. The third-order valence-electron chi connectivity index (χ3n) is 5.67. The van der Waals surface area contributed by atoms with Gasteiger partial charge >= 0.3 is 48.3 Å². The number of hydrogen-bond donors (Lipinski definition) is 0. The Balaban J connectivity index is 0.000000381. The van der Waals surface area contributed by atoms with Gasteiger partial charge in [-0.25, -0.2) is 0 Å². The molecule has 1 saturated carbocycles. The number of hydrogen-bond acceptors (Lipinski definition) is 3. The van der Waals surface area contributed by atoms with Gasteiger partial charge in [0.1, 0.15) is 17.2 Å². The van der Waals surface area contributed by atoms with Crippen molar-refractivity contribution in [3.8, 4) is 17.2 Å². The topological polar surface area (TPSA) is 67.5 Å². The minimum atomic E-state index is -1.59. The van der Waals surface area contributed by atoms with Crippen molar-refractivity contribution in [1.82, 2.24) is 0 Å². The molecule has 1 aliphatic carbocycles. The molecule has 1 atom stereocenters. The zero-order chi connectivity index (χ0) is 28.0. The van der Waals surface area contributed by atoms with Crippen LogP contribution >= 0.6 is 8.60 Å². The molecule has 0 radical (unpaired) electrons. The van der Waals surface area contributed by atoms with Crippen molar-refractivity contribution >= 4 is 8.60 Å². The summed E-state index contributed by atoms with van der Waals surface area (Å²) in [6.45, 7) is 9.00. The van der Waals surface area contributed by atoms with E-state index in [0.29, 0.717) is 17.2 Å². The molecule has 0 aliphatic heterocycles. The summed E-state index contributed by atoms with van der Waals surface area (Å²) in [7, 11) is -1.59. The molecule has 206 valence electrons. The third-order valence-corrected chi connectivity index (χ3v) is 6.75. The molecule has 0 spiro atoms. The maximum atomic E-state index is 7.50. The first kappa shape index (κ1) is 34.7.